The van der Waals surface area contributed by atoms with Crippen molar-refractivity contribution in [3.05, 3.63) is 95.6 Å². The molecule has 0 saturated heterocycles. The van der Waals surface area contributed by atoms with Gasteiger partial charge in [0.05, 0.1) is 6.04 Å². The summed E-state index contributed by atoms with van der Waals surface area (Å²) < 4.78 is 26.5. The second kappa shape index (κ2) is 7.26. The van der Waals surface area contributed by atoms with E-state index in [1.54, 1.807) is 19.1 Å². The van der Waals surface area contributed by atoms with E-state index in [-0.39, 0.29) is 5.91 Å². The van der Waals surface area contributed by atoms with Gasteiger partial charge in [0.25, 0.3) is 5.91 Å². The Kier molecular flexibility index (Phi) is 4.89. The van der Waals surface area contributed by atoms with Crippen LogP contribution in [0.5, 0.6) is 0 Å². The van der Waals surface area contributed by atoms with Crippen molar-refractivity contribution in [3.63, 3.8) is 0 Å². The second-order valence-corrected chi connectivity index (χ2v) is 5.78. The topological polar surface area (TPSA) is 29.1 Å². The number of hydrogen-bond acceptors (Lipinski definition) is 1. The smallest absolute Gasteiger partial charge is 0.252 e. The number of carbonyl (C=O) groups is 1. The van der Waals surface area contributed by atoms with Crippen molar-refractivity contribution in [1.29, 1.82) is 0 Å². The highest BCUT2D eigenvalue weighted by Crippen LogP contribution is 2.24. The molecule has 1 atom stereocenters. The van der Waals surface area contributed by atoms with Crippen LogP contribution < -0.4 is 5.32 Å². The maximum atomic E-state index is 13.4. The molecule has 126 valence electrons. The van der Waals surface area contributed by atoms with Gasteiger partial charge in [-0.25, -0.2) is 8.78 Å². The molecule has 1 N–H and O–H groups in total. The molecule has 1 unspecified atom stereocenters. The predicted octanol–water partition coefficient (Wildman–Crippen LogP) is 5.12. The summed E-state index contributed by atoms with van der Waals surface area (Å²) in [7, 11) is 0. The van der Waals surface area contributed by atoms with Gasteiger partial charge < -0.3 is 5.32 Å². The third kappa shape index (κ3) is 3.74. The van der Waals surface area contributed by atoms with E-state index >= 15 is 0 Å². The molecule has 3 aromatic carbocycles. The van der Waals surface area contributed by atoms with Gasteiger partial charge >= 0.3 is 0 Å². The first-order valence-corrected chi connectivity index (χ1v) is 7.96. The molecule has 3 aromatic rings. The number of hydrogen-bond donors (Lipinski definition) is 1. The molecule has 0 saturated carbocycles. The first-order valence-electron chi connectivity index (χ1n) is 7.96. The number of amides is 1. The van der Waals surface area contributed by atoms with E-state index in [0.29, 0.717) is 11.1 Å². The van der Waals surface area contributed by atoms with Crippen LogP contribution >= 0.6 is 0 Å². The average molecular weight is 337 g/mol. The van der Waals surface area contributed by atoms with E-state index in [1.165, 1.54) is 6.07 Å². The lowest BCUT2D eigenvalue weighted by Gasteiger charge is -2.16. The van der Waals surface area contributed by atoms with E-state index < -0.39 is 17.7 Å². The lowest BCUT2D eigenvalue weighted by Crippen LogP contribution is -2.27. The van der Waals surface area contributed by atoms with Gasteiger partial charge in [0.15, 0.2) is 11.6 Å². The van der Waals surface area contributed by atoms with Crippen LogP contribution in [0.15, 0.2) is 72.8 Å². The third-order valence-electron chi connectivity index (χ3n) is 4.05. The first-order chi connectivity index (χ1) is 12.1. The van der Waals surface area contributed by atoms with Crippen LogP contribution in [0.25, 0.3) is 11.1 Å². The van der Waals surface area contributed by atoms with Crippen LogP contribution in [0.3, 0.4) is 0 Å². The summed E-state index contributed by atoms with van der Waals surface area (Å²) in [5.41, 5.74) is 2.79. The highest BCUT2D eigenvalue weighted by molar-refractivity contribution is 6.01. The lowest BCUT2D eigenvalue weighted by molar-refractivity contribution is 0.0940. The molecular weight excluding hydrogens is 320 g/mol. The summed E-state index contributed by atoms with van der Waals surface area (Å²) in [4.78, 5) is 12.7. The van der Waals surface area contributed by atoms with Gasteiger partial charge in [-0.2, -0.15) is 0 Å². The Balaban J connectivity index is 1.85. The minimum Gasteiger partial charge on any atom is -0.345 e. The van der Waals surface area contributed by atoms with Crippen LogP contribution in [-0.2, 0) is 0 Å². The Morgan fingerprint density at radius 3 is 2.28 bits per heavy atom. The highest BCUT2D eigenvalue weighted by Gasteiger charge is 2.16. The molecule has 25 heavy (non-hydrogen) atoms. The minimum absolute atomic E-state index is 0.267. The molecule has 2 nitrogen and oxygen atoms in total. The van der Waals surface area contributed by atoms with E-state index in [0.717, 1.165) is 23.3 Å². The van der Waals surface area contributed by atoms with Crippen molar-refractivity contribution in [2.24, 2.45) is 0 Å². The van der Waals surface area contributed by atoms with E-state index in [9.17, 15) is 13.6 Å². The molecule has 0 radical (unpaired) electrons. The fraction of sp³-hybridized carbons (Fsp3) is 0.0952. The third-order valence-corrected chi connectivity index (χ3v) is 4.05. The number of benzene rings is 3. The monoisotopic (exact) mass is 337 g/mol. The van der Waals surface area contributed by atoms with Crippen LogP contribution in [0.4, 0.5) is 8.78 Å². The number of halogens is 2. The van der Waals surface area contributed by atoms with Crippen molar-refractivity contribution in [1.82, 2.24) is 5.32 Å². The average Bonchev–Trinajstić information content (AvgIpc) is 2.64. The fourth-order valence-corrected chi connectivity index (χ4v) is 2.69. The molecular formula is C21H17F2NO. The zero-order valence-corrected chi connectivity index (χ0v) is 13.7. The number of nitrogens with one attached hydrogen (secondary N) is 1. The molecule has 0 fully saturated rings. The predicted molar refractivity (Wildman–Crippen MR) is 94.1 cm³/mol. The van der Waals surface area contributed by atoms with E-state index in [2.05, 4.69) is 5.32 Å². The maximum absolute atomic E-state index is 13.4. The van der Waals surface area contributed by atoms with Crippen molar-refractivity contribution in [3.8, 4) is 11.1 Å². The summed E-state index contributed by atoms with van der Waals surface area (Å²) in [6.45, 7) is 1.73. The standard InChI is InChI=1S/C21H17F2NO/c1-14(16-11-12-19(22)20(23)13-16)24-21(25)18-10-6-5-9-17(18)15-7-3-2-4-8-15/h2-14H,1H3,(H,24,25). The quantitative estimate of drug-likeness (QED) is 0.703. The number of carbonyl (C=O) groups excluding carboxylic acids is 1. The molecule has 0 bridgehead atoms. The van der Waals surface area contributed by atoms with Gasteiger partial charge in [0, 0.05) is 5.56 Å². The van der Waals surface area contributed by atoms with Gasteiger partial charge in [-0.05, 0) is 41.8 Å². The maximum Gasteiger partial charge on any atom is 0.252 e. The van der Waals surface area contributed by atoms with Gasteiger partial charge in [-0.3, -0.25) is 4.79 Å². The second-order valence-electron chi connectivity index (χ2n) is 5.78. The molecule has 4 heteroatoms. The summed E-state index contributed by atoms with van der Waals surface area (Å²) in [6, 6.07) is 20.1. The lowest BCUT2D eigenvalue weighted by atomic mass is 9.98. The van der Waals surface area contributed by atoms with Gasteiger partial charge in [-0.15, -0.1) is 0 Å². The van der Waals surface area contributed by atoms with Crippen LogP contribution in [0.2, 0.25) is 0 Å². The van der Waals surface area contributed by atoms with Crippen molar-refractivity contribution < 1.29 is 13.6 Å². The van der Waals surface area contributed by atoms with Crippen molar-refractivity contribution >= 4 is 5.91 Å². The molecule has 0 aliphatic rings. The first kappa shape index (κ1) is 16.8. The van der Waals surface area contributed by atoms with Crippen LogP contribution in [0, 0.1) is 11.6 Å². The zero-order valence-electron chi connectivity index (χ0n) is 13.7. The molecule has 3 rings (SSSR count). The summed E-state index contributed by atoms with van der Waals surface area (Å²) in [5, 5.41) is 2.84. The Bertz CT molecular complexity index is 893. The summed E-state index contributed by atoms with van der Waals surface area (Å²) in [5.74, 6) is -2.10. The normalized spacial score (nSPS) is 11.8. The van der Waals surface area contributed by atoms with E-state index in [1.807, 2.05) is 42.5 Å². The van der Waals surface area contributed by atoms with Gasteiger partial charge in [-0.1, -0.05) is 54.6 Å². The fourth-order valence-electron chi connectivity index (χ4n) is 2.69. The van der Waals surface area contributed by atoms with Crippen molar-refractivity contribution in [2.45, 2.75) is 13.0 Å². The minimum atomic E-state index is -0.928. The zero-order chi connectivity index (χ0) is 17.8. The van der Waals surface area contributed by atoms with Crippen LogP contribution in [-0.4, -0.2) is 5.91 Å². The van der Waals surface area contributed by atoms with Crippen LogP contribution in [0.1, 0.15) is 28.9 Å². The SMILES string of the molecule is CC(NC(=O)c1ccccc1-c1ccccc1)c1ccc(F)c(F)c1. The summed E-state index contributed by atoms with van der Waals surface area (Å²) >= 11 is 0. The largest absolute Gasteiger partial charge is 0.345 e. The van der Waals surface area contributed by atoms with E-state index in [4.69, 9.17) is 0 Å². The Labute approximate surface area is 145 Å². The molecule has 0 aromatic heterocycles. The van der Waals surface area contributed by atoms with Gasteiger partial charge in [0.1, 0.15) is 0 Å². The highest BCUT2D eigenvalue weighted by atomic mass is 19.2. The molecule has 0 aliphatic heterocycles. The Hall–Kier alpha value is -3.01. The Morgan fingerprint density at radius 2 is 1.56 bits per heavy atom. The van der Waals surface area contributed by atoms with Crippen molar-refractivity contribution in [2.75, 3.05) is 0 Å². The molecule has 1 amide bonds. The Morgan fingerprint density at radius 1 is 0.880 bits per heavy atom. The summed E-state index contributed by atoms with van der Waals surface area (Å²) in [6.07, 6.45) is 0. The number of rotatable bonds is 4. The van der Waals surface area contributed by atoms with Gasteiger partial charge in [0.2, 0.25) is 0 Å². The molecule has 0 aliphatic carbocycles. The molecule has 0 spiro atoms. The molecule has 0 heterocycles.